The van der Waals surface area contributed by atoms with Crippen LogP contribution in [0.5, 0.6) is 0 Å². The summed E-state index contributed by atoms with van der Waals surface area (Å²) in [6.45, 7) is 2.25. The van der Waals surface area contributed by atoms with Gasteiger partial charge in [0.15, 0.2) is 5.72 Å². The third-order valence-corrected chi connectivity index (χ3v) is 6.93. The van der Waals surface area contributed by atoms with E-state index < -0.39 is 5.72 Å². The highest BCUT2D eigenvalue weighted by Crippen LogP contribution is 2.24. The van der Waals surface area contributed by atoms with Crippen LogP contribution in [0, 0.1) is 0 Å². The van der Waals surface area contributed by atoms with Crippen molar-refractivity contribution in [2.75, 3.05) is 11.9 Å². The van der Waals surface area contributed by atoms with Gasteiger partial charge in [0.25, 0.3) is 0 Å². The largest absolute Gasteiger partial charge is 0.387 e. The second-order valence-electron chi connectivity index (χ2n) is 10.2. The van der Waals surface area contributed by atoms with Crippen LogP contribution in [-0.4, -0.2) is 35.1 Å². The van der Waals surface area contributed by atoms with Crippen LogP contribution in [0.15, 0.2) is 98.8 Å². The van der Waals surface area contributed by atoms with E-state index in [1.807, 2.05) is 42.5 Å². The molecule has 0 aliphatic heterocycles. The summed E-state index contributed by atoms with van der Waals surface area (Å²) < 4.78 is 0. The average molecular weight is 624 g/mol. The van der Waals surface area contributed by atoms with Crippen LogP contribution < -0.4 is 22.5 Å². The zero-order valence-corrected chi connectivity index (χ0v) is 25.9. The van der Waals surface area contributed by atoms with Crippen LogP contribution in [0.4, 0.5) is 11.4 Å². The number of nitrogens with zero attached hydrogens (tertiary/aromatic N) is 4. The number of guanidine groups is 2. The third kappa shape index (κ3) is 12.9. The van der Waals surface area contributed by atoms with Crippen molar-refractivity contribution in [1.29, 1.82) is 0 Å². The maximum Gasteiger partial charge on any atom is 0.218 e. The SMILES string of the molecule is CC(O)(N=C(CCCCCCCN=C(N)N=C(N)Nc1ccc(Cl)cc1)CC(N)=Nc1ccc(Cl)cc1)c1ccccc1. The number of hydrogen-bond donors (Lipinski definition) is 5. The normalized spacial score (nSPS) is 14.4. The second kappa shape index (κ2) is 17.3. The van der Waals surface area contributed by atoms with Crippen molar-refractivity contribution in [2.24, 2.45) is 37.2 Å². The minimum atomic E-state index is -1.37. The zero-order chi connectivity index (χ0) is 31.1. The van der Waals surface area contributed by atoms with Crippen molar-refractivity contribution in [3.63, 3.8) is 0 Å². The highest BCUT2D eigenvalue weighted by atomic mass is 35.5. The molecule has 228 valence electrons. The topological polar surface area (TPSA) is 160 Å². The lowest BCUT2D eigenvalue weighted by molar-refractivity contribution is 0.0672. The first kappa shape index (κ1) is 33.6. The molecule has 1 atom stereocenters. The van der Waals surface area contributed by atoms with Gasteiger partial charge in [-0.1, -0.05) is 72.8 Å². The van der Waals surface area contributed by atoms with Crippen molar-refractivity contribution in [3.8, 4) is 0 Å². The molecule has 0 aliphatic carbocycles. The molecular formula is C32H40Cl2N8O. The fraction of sp³-hybridized carbons (Fsp3) is 0.312. The summed E-state index contributed by atoms with van der Waals surface area (Å²) >= 11 is 11.9. The maximum absolute atomic E-state index is 11.1. The Labute approximate surface area is 263 Å². The molecule has 0 saturated heterocycles. The first-order valence-corrected chi connectivity index (χ1v) is 15.0. The minimum absolute atomic E-state index is 0.128. The van der Waals surface area contributed by atoms with Crippen LogP contribution in [0.1, 0.15) is 57.4 Å². The average Bonchev–Trinajstić information content (AvgIpc) is 2.97. The molecule has 43 heavy (non-hydrogen) atoms. The number of rotatable bonds is 14. The standard InChI is InChI=1S/C32H40Cl2N8O/c1-32(43,23-10-6-5-7-11-23)42-28(22-29(35)39-26-17-13-24(33)14-18-26)12-8-3-2-4-9-21-38-30(36)41-31(37)40-27-19-15-25(34)16-20-27/h5-7,10-11,13-20,43H,2-4,8-9,12,21-22H2,1H3,(H2,35,39)(H5,36,37,38,40,41). The van der Waals surface area contributed by atoms with Crippen LogP contribution in [0.3, 0.4) is 0 Å². The van der Waals surface area contributed by atoms with Gasteiger partial charge in [-0.05, 0) is 74.7 Å². The Balaban J connectivity index is 1.48. The molecule has 0 spiro atoms. The van der Waals surface area contributed by atoms with Crippen molar-refractivity contribution in [2.45, 2.75) is 57.6 Å². The number of aliphatic imine (C=N–C) groups is 4. The van der Waals surface area contributed by atoms with Crippen LogP contribution in [0.25, 0.3) is 0 Å². The van der Waals surface area contributed by atoms with Gasteiger partial charge >= 0.3 is 0 Å². The maximum atomic E-state index is 11.1. The summed E-state index contributed by atoms with van der Waals surface area (Å²) in [6, 6.07) is 23.6. The van der Waals surface area contributed by atoms with Crippen molar-refractivity contribution in [1.82, 2.24) is 0 Å². The highest BCUT2D eigenvalue weighted by molar-refractivity contribution is 6.31. The highest BCUT2D eigenvalue weighted by Gasteiger charge is 2.22. The van der Waals surface area contributed by atoms with E-state index in [9.17, 15) is 5.11 Å². The molecule has 0 radical (unpaired) electrons. The molecule has 0 fully saturated rings. The number of nitrogens with one attached hydrogen (secondary N) is 1. The van der Waals surface area contributed by atoms with E-state index in [4.69, 9.17) is 45.4 Å². The van der Waals surface area contributed by atoms with Crippen molar-refractivity contribution in [3.05, 3.63) is 94.5 Å². The molecular weight excluding hydrogens is 583 g/mol. The monoisotopic (exact) mass is 622 g/mol. The zero-order valence-electron chi connectivity index (χ0n) is 24.4. The molecule has 3 rings (SSSR count). The van der Waals surface area contributed by atoms with Crippen LogP contribution >= 0.6 is 23.2 Å². The van der Waals surface area contributed by atoms with Gasteiger partial charge in [-0.15, -0.1) is 0 Å². The minimum Gasteiger partial charge on any atom is -0.387 e. The molecule has 0 heterocycles. The molecule has 0 amide bonds. The van der Waals surface area contributed by atoms with Crippen LogP contribution in [-0.2, 0) is 5.72 Å². The summed E-state index contributed by atoms with van der Waals surface area (Å²) in [5, 5.41) is 15.4. The second-order valence-corrected chi connectivity index (χ2v) is 11.1. The molecule has 0 aliphatic rings. The lowest BCUT2D eigenvalue weighted by atomic mass is 10.0. The summed E-state index contributed by atoms with van der Waals surface area (Å²) in [6.07, 6.45) is 5.85. The van der Waals surface area contributed by atoms with E-state index >= 15 is 0 Å². The van der Waals surface area contributed by atoms with Gasteiger partial charge in [-0.25, -0.2) is 4.99 Å². The summed E-state index contributed by atoms with van der Waals surface area (Å²) in [5.41, 5.74) is 19.7. The van der Waals surface area contributed by atoms with Crippen molar-refractivity contribution < 1.29 is 5.11 Å². The predicted molar refractivity (Wildman–Crippen MR) is 182 cm³/mol. The Bertz CT molecular complexity index is 1400. The van der Waals surface area contributed by atoms with Gasteiger partial charge in [0.05, 0.1) is 5.69 Å². The van der Waals surface area contributed by atoms with Gasteiger partial charge in [-0.3, -0.25) is 9.98 Å². The summed E-state index contributed by atoms with van der Waals surface area (Å²) in [5.74, 6) is 0.710. The Kier molecular flexibility index (Phi) is 13.5. The number of anilines is 1. The number of hydrogen-bond acceptors (Lipinski definition) is 4. The lowest BCUT2D eigenvalue weighted by Crippen LogP contribution is -2.26. The molecule has 0 aromatic heterocycles. The summed E-state index contributed by atoms with van der Waals surface area (Å²) in [7, 11) is 0. The Morgan fingerprint density at radius 2 is 1.42 bits per heavy atom. The van der Waals surface area contributed by atoms with Gasteiger partial charge in [0.1, 0.15) is 5.84 Å². The number of benzene rings is 3. The molecule has 8 N–H and O–H groups in total. The Hall–Kier alpha value is -3.92. The molecule has 9 nitrogen and oxygen atoms in total. The molecule has 3 aromatic carbocycles. The third-order valence-electron chi connectivity index (χ3n) is 6.43. The van der Waals surface area contributed by atoms with Crippen LogP contribution in [0.2, 0.25) is 10.0 Å². The fourth-order valence-corrected chi connectivity index (χ4v) is 4.52. The Morgan fingerprint density at radius 1 is 0.814 bits per heavy atom. The van der Waals surface area contributed by atoms with Crippen molar-refractivity contribution >= 4 is 58.0 Å². The predicted octanol–water partition coefficient (Wildman–Crippen LogP) is 6.76. The smallest absolute Gasteiger partial charge is 0.218 e. The molecule has 11 heteroatoms. The number of amidine groups is 1. The molecule has 0 saturated carbocycles. The van der Waals surface area contributed by atoms with Gasteiger partial charge in [0, 0.05) is 40.0 Å². The molecule has 0 bridgehead atoms. The molecule has 3 aromatic rings. The lowest BCUT2D eigenvalue weighted by Gasteiger charge is -2.21. The molecule has 1 unspecified atom stereocenters. The first-order chi connectivity index (χ1) is 20.6. The number of unbranched alkanes of at least 4 members (excludes halogenated alkanes) is 4. The van der Waals surface area contributed by atoms with Gasteiger partial charge in [-0.2, -0.15) is 4.99 Å². The number of aliphatic hydroxyl groups is 1. The van der Waals surface area contributed by atoms with E-state index in [1.54, 1.807) is 43.3 Å². The van der Waals surface area contributed by atoms with E-state index in [0.717, 1.165) is 43.5 Å². The quantitative estimate of drug-likeness (QED) is 0.0761. The number of nitrogens with two attached hydrogens (primary N) is 3. The fourth-order valence-electron chi connectivity index (χ4n) is 4.27. The van der Waals surface area contributed by atoms with Gasteiger partial charge in [0.2, 0.25) is 11.9 Å². The first-order valence-electron chi connectivity index (χ1n) is 14.2. The van der Waals surface area contributed by atoms with E-state index in [2.05, 4.69) is 20.3 Å². The van der Waals surface area contributed by atoms with E-state index in [0.29, 0.717) is 46.5 Å². The number of halogens is 2. The van der Waals surface area contributed by atoms with Gasteiger partial charge < -0.3 is 27.6 Å². The van der Waals surface area contributed by atoms with E-state index in [-0.39, 0.29) is 11.9 Å². The summed E-state index contributed by atoms with van der Waals surface area (Å²) in [4.78, 5) is 17.6. The van der Waals surface area contributed by atoms with E-state index in [1.165, 1.54) is 0 Å². The Morgan fingerprint density at radius 3 is 2.09 bits per heavy atom.